The molecule has 6 heteroatoms. The van der Waals surface area contributed by atoms with Gasteiger partial charge in [0.15, 0.2) is 0 Å². The van der Waals surface area contributed by atoms with E-state index < -0.39 is 0 Å². The molecule has 0 aliphatic heterocycles. The predicted molar refractivity (Wildman–Crippen MR) is 110 cm³/mol. The summed E-state index contributed by atoms with van der Waals surface area (Å²) in [5.41, 5.74) is 1.73. The first kappa shape index (κ1) is 19.5. The van der Waals surface area contributed by atoms with Crippen LogP contribution in [0.5, 0.6) is 11.5 Å². The van der Waals surface area contributed by atoms with Gasteiger partial charge in [0.05, 0.1) is 20.8 Å². The largest absolute Gasteiger partial charge is 0.497 e. The lowest BCUT2D eigenvalue weighted by Gasteiger charge is -2.25. The van der Waals surface area contributed by atoms with E-state index in [4.69, 9.17) is 9.47 Å². The molecule has 1 amide bonds. The number of fused-ring (bicyclic) bond motifs is 1. The van der Waals surface area contributed by atoms with Crippen molar-refractivity contribution in [3.63, 3.8) is 0 Å². The van der Waals surface area contributed by atoms with Gasteiger partial charge in [-0.25, -0.2) is 0 Å². The van der Waals surface area contributed by atoms with Gasteiger partial charge in [0.2, 0.25) is 5.91 Å². The van der Waals surface area contributed by atoms with Gasteiger partial charge in [0.25, 0.3) is 5.56 Å². The van der Waals surface area contributed by atoms with Crippen LogP contribution in [0.4, 0.5) is 5.69 Å². The molecule has 0 radical (unpaired) electrons. The number of ether oxygens (including phenoxy) is 2. The molecule has 3 aromatic rings. The molecule has 2 aromatic carbocycles. The molecule has 0 aliphatic rings. The van der Waals surface area contributed by atoms with Crippen LogP contribution in [0.3, 0.4) is 0 Å². The Bertz CT molecular complexity index is 1040. The van der Waals surface area contributed by atoms with Crippen molar-refractivity contribution in [2.75, 3.05) is 19.1 Å². The summed E-state index contributed by atoms with van der Waals surface area (Å²) in [6, 6.07) is 14.5. The molecule has 0 saturated carbocycles. The molecule has 6 nitrogen and oxygen atoms in total. The van der Waals surface area contributed by atoms with Crippen LogP contribution in [0.15, 0.2) is 53.3 Å². The summed E-state index contributed by atoms with van der Waals surface area (Å²) >= 11 is 0. The molecule has 1 aromatic heterocycles. The number of methoxy groups -OCH3 is 2. The third-order valence-corrected chi connectivity index (χ3v) is 4.60. The first-order valence-electron chi connectivity index (χ1n) is 9.08. The van der Waals surface area contributed by atoms with Gasteiger partial charge >= 0.3 is 0 Å². The fourth-order valence-electron chi connectivity index (χ4n) is 3.01. The van der Waals surface area contributed by atoms with Gasteiger partial charge in [0.1, 0.15) is 11.5 Å². The fraction of sp³-hybridized carbons (Fsp3) is 0.273. The zero-order valence-electron chi connectivity index (χ0n) is 16.5. The highest BCUT2D eigenvalue weighted by Gasteiger charge is 2.21. The van der Waals surface area contributed by atoms with Gasteiger partial charge in [-0.1, -0.05) is 13.8 Å². The van der Waals surface area contributed by atoms with Crippen molar-refractivity contribution in [1.82, 2.24) is 4.98 Å². The summed E-state index contributed by atoms with van der Waals surface area (Å²) in [6.45, 7) is 3.86. The molecule has 0 bridgehead atoms. The molecule has 28 heavy (non-hydrogen) atoms. The van der Waals surface area contributed by atoms with Gasteiger partial charge in [0, 0.05) is 28.1 Å². The Kier molecular flexibility index (Phi) is 5.68. The van der Waals surface area contributed by atoms with E-state index in [2.05, 4.69) is 4.98 Å². The topological polar surface area (TPSA) is 71.6 Å². The van der Waals surface area contributed by atoms with Crippen molar-refractivity contribution in [3.8, 4) is 11.5 Å². The summed E-state index contributed by atoms with van der Waals surface area (Å²) in [4.78, 5) is 30.0. The fourth-order valence-corrected chi connectivity index (χ4v) is 3.01. The molecular weight excluding hydrogens is 356 g/mol. The van der Waals surface area contributed by atoms with Crippen molar-refractivity contribution >= 4 is 22.5 Å². The number of amides is 1. The molecule has 146 valence electrons. The number of hydrogen-bond acceptors (Lipinski definition) is 4. The maximum Gasteiger partial charge on any atom is 0.253 e. The lowest BCUT2D eigenvalue weighted by Crippen LogP contribution is -2.35. The van der Waals surface area contributed by atoms with Crippen LogP contribution in [0.25, 0.3) is 10.9 Å². The van der Waals surface area contributed by atoms with Crippen LogP contribution < -0.4 is 19.9 Å². The minimum atomic E-state index is -0.215. The summed E-state index contributed by atoms with van der Waals surface area (Å²) < 4.78 is 10.5. The van der Waals surface area contributed by atoms with Crippen LogP contribution in [-0.2, 0) is 11.3 Å². The number of aromatic nitrogens is 1. The summed E-state index contributed by atoms with van der Waals surface area (Å²) in [6.07, 6.45) is 0. The van der Waals surface area contributed by atoms with Crippen LogP contribution in [-0.4, -0.2) is 25.1 Å². The molecular formula is C22H24N2O4. The molecule has 1 heterocycles. The van der Waals surface area contributed by atoms with E-state index in [1.807, 2.05) is 32.0 Å². The number of aromatic amines is 1. The highest BCUT2D eigenvalue weighted by Crippen LogP contribution is 2.24. The summed E-state index contributed by atoms with van der Waals surface area (Å²) in [5.74, 6) is 1.14. The molecule has 0 aliphatic carbocycles. The zero-order valence-corrected chi connectivity index (χ0v) is 16.5. The van der Waals surface area contributed by atoms with E-state index in [1.54, 1.807) is 49.5 Å². The summed E-state index contributed by atoms with van der Waals surface area (Å²) in [7, 11) is 3.19. The average molecular weight is 380 g/mol. The van der Waals surface area contributed by atoms with Crippen molar-refractivity contribution in [2.45, 2.75) is 20.4 Å². The number of nitrogens with one attached hydrogen (secondary N) is 1. The number of carbonyl (C=O) groups excluding carboxylic acids is 1. The average Bonchev–Trinajstić information content (AvgIpc) is 2.71. The highest BCUT2D eigenvalue weighted by molar-refractivity contribution is 5.94. The van der Waals surface area contributed by atoms with Gasteiger partial charge in [-0.15, -0.1) is 0 Å². The normalized spacial score (nSPS) is 10.9. The molecule has 0 atom stereocenters. The number of H-pyrrole nitrogens is 1. The Morgan fingerprint density at radius 3 is 2.25 bits per heavy atom. The molecule has 3 rings (SSSR count). The zero-order chi connectivity index (χ0) is 20.3. The Morgan fingerprint density at radius 2 is 1.64 bits per heavy atom. The standard InChI is InChI=1S/C22H24N2O4/c1-14(2)22(26)24(17-5-7-18(27-3)8-6-17)13-16-11-15-12-19(28-4)9-10-20(15)23-21(16)25/h5-12,14H,13H2,1-4H3,(H,23,25). The lowest BCUT2D eigenvalue weighted by atomic mass is 10.1. The van der Waals surface area contributed by atoms with E-state index >= 15 is 0 Å². The minimum Gasteiger partial charge on any atom is -0.497 e. The van der Waals surface area contributed by atoms with Crippen LogP contribution in [0, 0.1) is 5.92 Å². The highest BCUT2D eigenvalue weighted by atomic mass is 16.5. The van der Waals surface area contributed by atoms with E-state index in [0.717, 1.165) is 10.9 Å². The number of rotatable bonds is 6. The second-order valence-electron chi connectivity index (χ2n) is 6.85. The number of nitrogens with zero attached hydrogens (tertiary/aromatic N) is 1. The second-order valence-corrected chi connectivity index (χ2v) is 6.85. The van der Waals surface area contributed by atoms with Crippen LogP contribution in [0.1, 0.15) is 19.4 Å². The van der Waals surface area contributed by atoms with Gasteiger partial charge in [-0.2, -0.15) is 0 Å². The molecule has 1 N–H and O–H groups in total. The Labute approximate surface area is 163 Å². The van der Waals surface area contributed by atoms with E-state index in [-0.39, 0.29) is 23.9 Å². The van der Waals surface area contributed by atoms with E-state index in [1.165, 1.54) is 0 Å². The SMILES string of the molecule is COc1ccc(N(Cc2cc3cc(OC)ccc3[nH]c2=O)C(=O)C(C)C)cc1. The van der Waals surface area contributed by atoms with Crippen molar-refractivity contribution in [3.05, 3.63) is 64.4 Å². The van der Waals surface area contributed by atoms with Gasteiger partial charge < -0.3 is 19.4 Å². The first-order valence-corrected chi connectivity index (χ1v) is 9.08. The molecule has 0 spiro atoms. The molecule has 0 fully saturated rings. The number of pyridine rings is 1. The molecule has 0 saturated heterocycles. The predicted octanol–water partition coefficient (Wildman–Crippen LogP) is 3.73. The van der Waals surface area contributed by atoms with Crippen LogP contribution >= 0.6 is 0 Å². The van der Waals surface area contributed by atoms with Crippen molar-refractivity contribution in [1.29, 1.82) is 0 Å². The quantitative estimate of drug-likeness (QED) is 0.707. The number of anilines is 1. The maximum absolute atomic E-state index is 12.8. The lowest BCUT2D eigenvalue weighted by molar-refractivity contribution is -0.121. The van der Waals surface area contributed by atoms with Gasteiger partial charge in [-0.05, 0) is 48.5 Å². The Hall–Kier alpha value is -3.28. The second kappa shape index (κ2) is 8.17. The maximum atomic E-state index is 12.8. The third kappa shape index (κ3) is 4.01. The number of hydrogen-bond donors (Lipinski definition) is 1. The minimum absolute atomic E-state index is 0.0599. The smallest absolute Gasteiger partial charge is 0.253 e. The third-order valence-electron chi connectivity index (χ3n) is 4.60. The van der Waals surface area contributed by atoms with Crippen molar-refractivity contribution in [2.24, 2.45) is 5.92 Å². The first-order chi connectivity index (χ1) is 13.4. The molecule has 0 unspecified atom stereocenters. The number of benzene rings is 2. The van der Waals surface area contributed by atoms with Crippen LogP contribution in [0.2, 0.25) is 0 Å². The number of carbonyl (C=O) groups is 1. The van der Waals surface area contributed by atoms with Crippen molar-refractivity contribution < 1.29 is 14.3 Å². The Morgan fingerprint density at radius 1 is 1.00 bits per heavy atom. The monoisotopic (exact) mass is 380 g/mol. The van der Waals surface area contributed by atoms with E-state index in [9.17, 15) is 9.59 Å². The van der Waals surface area contributed by atoms with Gasteiger partial charge in [-0.3, -0.25) is 9.59 Å². The summed E-state index contributed by atoms with van der Waals surface area (Å²) in [5, 5.41) is 0.848. The van der Waals surface area contributed by atoms with E-state index in [0.29, 0.717) is 22.7 Å². The Balaban J connectivity index is 2.02.